The van der Waals surface area contributed by atoms with Crippen molar-refractivity contribution < 1.29 is 8.42 Å². The molecule has 0 saturated carbocycles. The maximum absolute atomic E-state index is 10.4. The Kier molecular flexibility index (Phi) is 2.70. The minimum Gasteiger partial charge on any atom is -0.402 e. The lowest BCUT2D eigenvalue weighted by Crippen LogP contribution is -2.06. The van der Waals surface area contributed by atoms with Gasteiger partial charge >= 0.3 is 0 Å². The normalized spacial score (nSPS) is 11.2. The molecule has 0 aromatic rings. The fourth-order valence-corrected chi connectivity index (χ4v) is 0.949. The molecule has 4 heteroatoms. The van der Waals surface area contributed by atoms with Gasteiger partial charge in [-0.1, -0.05) is 6.58 Å². The number of allylic oxidation sites excluding steroid dienone is 1. The zero-order chi connectivity index (χ0) is 7.49. The quantitative estimate of drug-likeness (QED) is 0.609. The number of nitrogens with two attached hydrogens (primary N) is 1. The van der Waals surface area contributed by atoms with E-state index in [1.807, 2.05) is 0 Å². The van der Waals surface area contributed by atoms with Crippen LogP contribution in [0.5, 0.6) is 0 Å². The second kappa shape index (κ2) is 2.87. The highest BCUT2D eigenvalue weighted by Gasteiger charge is 2.00. The van der Waals surface area contributed by atoms with Gasteiger partial charge in [-0.3, -0.25) is 0 Å². The highest BCUT2D eigenvalue weighted by molar-refractivity contribution is 7.90. The van der Waals surface area contributed by atoms with Crippen molar-refractivity contribution in [3.05, 3.63) is 12.3 Å². The number of hydrogen-bond acceptors (Lipinski definition) is 3. The standard InChI is InChI=1S/C5H11NO2S/c1-5(6)3-4-9(2,7)8/h1,3-4,6H2,2H3. The van der Waals surface area contributed by atoms with Crippen LogP contribution in [0.15, 0.2) is 12.3 Å². The van der Waals surface area contributed by atoms with Crippen LogP contribution in [0.4, 0.5) is 0 Å². The average molecular weight is 149 g/mol. The van der Waals surface area contributed by atoms with E-state index in [-0.39, 0.29) is 5.75 Å². The third kappa shape index (κ3) is 7.49. The monoisotopic (exact) mass is 149 g/mol. The molecule has 0 spiro atoms. The molecule has 0 bridgehead atoms. The molecule has 0 aliphatic carbocycles. The van der Waals surface area contributed by atoms with Gasteiger partial charge in [-0.2, -0.15) is 0 Å². The molecule has 0 unspecified atom stereocenters. The third-order valence-corrected chi connectivity index (χ3v) is 1.74. The third-order valence-electron chi connectivity index (χ3n) is 0.794. The van der Waals surface area contributed by atoms with E-state index in [0.717, 1.165) is 0 Å². The summed E-state index contributed by atoms with van der Waals surface area (Å²) < 4.78 is 20.9. The lowest BCUT2D eigenvalue weighted by atomic mass is 10.4. The summed E-state index contributed by atoms with van der Waals surface area (Å²) in [7, 11) is -2.86. The molecule has 0 fully saturated rings. The van der Waals surface area contributed by atoms with E-state index < -0.39 is 9.84 Å². The Balaban J connectivity index is 3.67. The molecule has 0 aliphatic heterocycles. The van der Waals surface area contributed by atoms with Gasteiger partial charge in [0.1, 0.15) is 9.84 Å². The summed E-state index contributed by atoms with van der Waals surface area (Å²) in [6.45, 7) is 3.37. The summed E-state index contributed by atoms with van der Waals surface area (Å²) in [5, 5.41) is 0. The van der Waals surface area contributed by atoms with Gasteiger partial charge in [-0.25, -0.2) is 8.42 Å². The van der Waals surface area contributed by atoms with Gasteiger partial charge in [0.25, 0.3) is 0 Å². The second-order valence-corrected chi connectivity index (χ2v) is 4.30. The zero-order valence-corrected chi connectivity index (χ0v) is 6.24. The van der Waals surface area contributed by atoms with Crippen molar-refractivity contribution in [3.8, 4) is 0 Å². The van der Waals surface area contributed by atoms with Gasteiger partial charge in [0, 0.05) is 18.4 Å². The molecular weight excluding hydrogens is 138 g/mol. The van der Waals surface area contributed by atoms with Crippen LogP contribution in [0, 0.1) is 0 Å². The van der Waals surface area contributed by atoms with E-state index in [0.29, 0.717) is 12.1 Å². The van der Waals surface area contributed by atoms with Gasteiger partial charge in [-0.15, -0.1) is 0 Å². The molecule has 0 aromatic heterocycles. The van der Waals surface area contributed by atoms with Crippen molar-refractivity contribution >= 4 is 9.84 Å². The van der Waals surface area contributed by atoms with Crippen LogP contribution < -0.4 is 5.73 Å². The topological polar surface area (TPSA) is 60.2 Å². The van der Waals surface area contributed by atoms with E-state index >= 15 is 0 Å². The molecule has 0 heterocycles. The molecule has 0 saturated heterocycles. The van der Waals surface area contributed by atoms with Gasteiger partial charge in [-0.05, 0) is 0 Å². The molecule has 0 amide bonds. The van der Waals surface area contributed by atoms with Crippen molar-refractivity contribution in [2.75, 3.05) is 12.0 Å². The predicted octanol–water partition coefficient (Wildman–Crippen LogP) is -0.106. The molecule has 3 nitrogen and oxygen atoms in total. The Labute approximate surface area is 55.5 Å². The average Bonchev–Trinajstić information content (AvgIpc) is 1.59. The van der Waals surface area contributed by atoms with Crippen molar-refractivity contribution in [1.29, 1.82) is 0 Å². The van der Waals surface area contributed by atoms with Crippen LogP contribution in [-0.2, 0) is 9.84 Å². The van der Waals surface area contributed by atoms with E-state index in [9.17, 15) is 8.42 Å². The van der Waals surface area contributed by atoms with Crippen molar-refractivity contribution in [2.45, 2.75) is 6.42 Å². The van der Waals surface area contributed by atoms with Crippen molar-refractivity contribution in [1.82, 2.24) is 0 Å². The molecule has 54 valence electrons. The van der Waals surface area contributed by atoms with Gasteiger partial charge in [0.2, 0.25) is 0 Å². The maximum atomic E-state index is 10.4. The number of sulfone groups is 1. The number of hydrogen-bond donors (Lipinski definition) is 1. The van der Waals surface area contributed by atoms with Crippen LogP contribution in [0.3, 0.4) is 0 Å². The van der Waals surface area contributed by atoms with Crippen LogP contribution in [-0.4, -0.2) is 20.4 Å². The van der Waals surface area contributed by atoms with Crippen molar-refractivity contribution in [2.24, 2.45) is 5.73 Å². The lowest BCUT2D eigenvalue weighted by Gasteiger charge is -1.95. The van der Waals surface area contributed by atoms with E-state index in [1.54, 1.807) is 0 Å². The van der Waals surface area contributed by atoms with Crippen LogP contribution in [0.1, 0.15) is 6.42 Å². The first-order valence-electron chi connectivity index (χ1n) is 2.53. The summed E-state index contributed by atoms with van der Waals surface area (Å²) in [5.74, 6) is 0.0995. The molecule has 0 radical (unpaired) electrons. The SMILES string of the molecule is C=C(N)CCS(C)(=O)=O. The molecule has 9 heavy (non-hydrogen) atoms. The minimum absolute atomic E-state index is 0.0995. The van der Waals surface area contributed by atoms with E-state index in [2.05, 4.69) is 6.58 Å². The number of rotatable bonds is 3. The second-order valence-electron chi connectivity index (χ2n) is 2.04. The molecule has 0 aliphatic rings. The molecule has 0 aromatic carbocycles. The smallest absolute Gasteiger partial charge is 0.147 e. The first-order valence-corrected chi connectivity index (χ1v) is 4.59. The van der Waals surface area contributed by atoms with Crippen LogP contribution in [0.2, 0.25) is 0 Å². The Morgan fingerprint density at radius 2 is 2.11 bits per heavy atom. The Hall–Kier alpha value is -0.510. The highest BCUT2D eigenvalue weighted by Crippen LogP contribution is 1.92. The minimum atomic E-state index is -2.86. The fourth-order valence-electron chi connectivity index (χ4n) is 0.316. The fraction of sp³-hybridized carbons (Fsp3) is 0.600. The van der Waals surface area contributed by atoms with Gasteiger partial charge < -0.3 is 5.73 Å². The summed E-state index contributed by atoms with van der Waals surface area (Å²) >= 11 is 0. The van der Waals surface area contributed by atoms with Crippen molar-refractivity contribution in [3.63, 3.8) is 0 Å². The Morgan fingerprint density at radius 1 is 1.67 bits per heavy atom. The Bertz CT molecular complexity index is 193. The maximum Gasteiger partial charge on any atom is 0.147 e. The first kappa shape index (κ1) is 8.49. The lowest BCUT2D eigenvalue weighted by molar-refractivity contribution is 0.601. The zero-order valence-electron chi connectivity index (χ0n) is 5.42. The summed E-state index contributed by atoms with van der Waals surface area (Å²) in [4.78, 5) is 0. The van der Waals surface area contributed by atoms with Gasteiger partial charge in [0.05, 0.1) is 5.75 Å². The van der Waals surface area contributed by atoms with Gasteiger partial charge in [0.15, 0.2) is 0 Å². The summed E-state index contributed by atoms with van der Waals surface area (Å²) in [6, 6.07) is 0. The molecule has 0 atom stereocenters. The summed E-state index contributed by atoms with van der Waals surface area (Å²) in [5.41, 5.74) is 5.56. The Morgan fingerprint density at radius 3 is 2.22 bits per heavy atom. The largest absolute Gasteiger partial charge is 0.402 e. The van der Waals surface area contributed by atoms with E-state index in [1.165, 1.54) is 6.26 Å². The highest BCUT2D eigenvalue weighted by atomic mass is 32.2. The van der Waals surface area contributed by atoms with Crippen LogP contribution >= 0.6 is 0 Å². The molecular formula is C5H11NO2S. The van der Waals surface area contributed by atoms with Crippen LogP contribution in [0.25, 0.3) is 0 Å². The summed E-state index contributed by atoms with van der Waals surface area (Å²) in [6.07, 6.45) is 1.54. The first-order chi connectivity index (χ1) is 3.92. The predicted molar refractivity (Wildman–Crippen MR) is 37.7 cm³/mol. The van der Waals surface area contributed by atoms with E-state index in [4.69, 9.17) is 5.73 Å². The molecule has 0 rings (SSSR count). The molecule has 2 N–H and O–H groups in total.